The maximum absolute atomic E-state index is 5.78. The quantitative estimate of drug-likeness (QED) is 0.171. The van der Waals surface area contributed by atoms with Gasteiger partial charge in [-0.25, -0.2) is 0 Å². The van der Waals surface area contributed by atoms with E-state index < -0.39 is 0 Å². The topological polar surface area (TPSA) is 9.23 Å². The highest BCUT2D eigenvalue weighted by Crippen LogP contribution is 2.39. The summed E-state index contributed by atoms with van der Waals surface area (Å²) in [6, 6.07) is 42.8. The average Bonchev–Trinajstić information content (AvgIpc) is 2.90. The van der Waals surface area contributed by atoms with Crippen LogP contribution >= 0.6 is 0 Å². The number of para-hydroxylation sites is 2. The van der Waals surface area contributed by atoms with Crippen molar-refractivity contribution in [3.8, 4) is 11.5 Å². The van der Waals surface area contributed by atoms with E-state index in [-0.39, 0.29) is 0 Å². The summed E-state index contributed by atoms with van der Waals surface area (Å²) in [5.41, 5.74) is 2.54. The van der Waals surface area contributed by atoms with Crippen LogP contribution in [0.1, 0.15) is 11.1 Å². The minimum Gasteiger partial charge on any atom is -0.457 e. The largest absolute Gasteiger partial charge is 0.457 e. The molecule has 1 nitrogen and oxygen atoms in total. The van der Waals surface area contributed by atoms with Crippen LogP contribution in [-0.4, -0.2) is 0 Å². The van der Waals surface area contributed by atoms with Crippen LogP contribution in [0.15, 0.2) is 121 Å². The van der Waals surface area contributed by atoms with Crippen molar-refractivity contribution in [3.63, 3.8) is 0 Å². The smallest absolute Gasteiger partial charge is 0.130 e. The fourth-order valence-corrected chi connectivity index (χ4v) is 5.40. The summed E-state index contributed by atoms with van der Waals surface area (Å²) >= 11 is 0. The molecule has 0 saturated heterocycles. The molecule has 0 amide bonds. The number of ether oxygens (including phenoxy) is 1. The standard InChI is InChI=1S/C20H12.C13H10O/c1-5-13-6-2-11-17-18-12-4-8-14-7-3-10-16(20(14)18)15(9-1)19(13)17;1-3-7-12-10(5-1)9-11-6-2-4-8-13(11)14-12/h1-12H;1-8H,9H2. The second-order valence-electron chi connectivity index (χ2n) is 8.91. The number of hydrogen-bond donors (Lipinski definition) is 0. The summed E-state index contributed by atoms with van der Waals surface area (Å²) in [6.07, 6.45) is 0.979. The summed E-state index contributed by atoms with van der Waals surface area (Å²) in [5.74, 6) is 1.98. The Bertz CT molecular complexity index is 1550. The number of hydrogen-bond acceptors (Lipinski definition) is 1. The molecular formula is C33H22O. The third-order valence-corrected chi connectivity index (χ3v) is 6.94. The van der Waals surface area contributed by atoms with Gasteiger partial charge in [0.15, 0.2) is 0 Å². The molecule has 0 saturated carbocycles. The lowest BCUT2D eigenvalue weighted by Gasteiger charge is -2.19. The molecule has 0 bridgehead atoms. The van der Waals surface area contributed by atoms with Crippen molar-refractivity contribution >= 4 is 43.1 Å². The molecule has 34 heavy (non-hydrogen) atoms. The van der Waals surface area contributed by atoms with E-state index in [0.717, 1.165) is 17.9 Å². The van der Waals surface area contributed by atoms with Crippen LogP contribution in [-0.2, 0) is 6.42 Å². The molecule has 0 fully saturated rings. The van der Waals surface area contributed by atoms with Crippen LogP contribution in [0.4, 0.5) is 0 Å². The Morgan fingerprint density at radius 1 is 0.382 bits per heavy atom. The molecule has 0 spiro atoms. The molecule has 7 aromatic carbocycles. The Morgan fingerprint density at radius 2 is 0.765 bits per heavy atom. The normalized spacial score (nSPS) is 12.2. The molecule has 0 unspecified atom stereocenters. The lowest BCUT2D eigenvalue weighted by molar-refractivity contribution is 0.460. The summed E-state index contributed by atoms with van der Waals surface area (Å²) in [6.45, 7) is 0. The van der Waals surface area contributed by atoms with Gasteiger partial charge in [-0.3, -0.25) is 0 Å². The lowest BCUT2D eigenvalue weighted by Crippen LogP contribution is -2.01. The van der Waals surface area contributed by atoms with Gasteiger partial charge in [-0.2, -0.15) is 0 Å². The van der Waals surface area contributed by atoms with Crippen molar-refractivity contribution < 1.29 is 4.74 Å². The van der Waals surface area contributed by atoms with Gasteiger partial charge in [0.1, 0.15) is 11.5 Å². The van der Waals surface area contributed by atoms with Crippen molar-refractivity contribution in [3.05, 3.63) is 132 Å². The van der Waals surface area contributed by atoms with E-state index in [4.69, 9.17) is 4.74 Å². The molecule has 0 N–H and O–H groups in total. The highest BCUT2D eigenvalue weighted by molar-refractivity contribution is 6.32. The van der Waals surface area contributed by atoms with Gasteiger partial charge in [0.25, 0.3) is 0 Å². The predicted octanol–water partition coefficient (Wildman–Crippen LogP) is 9.12. The zero-order chi connectivity index (χ0) is 22.5. The molecule has 1 heterocycles. The molecule has 0 radical (unpaired) electrons. The Morgan fingerprint density at radius 3 is 1.18 bits per heavy atom. The van der Waals surface area contributed by atoms with Gasteiger partial charge in [-0.05, 0) is 66.3 Å². The summed E-state index contributed by atoms with van der Waals surface area (Å²) in [7, 11) is 0. The van der Waals surface area contributed by atoms with Crippen molar-refractivity contribution in [1.82, 2.24) is 0 Å². The average molecular weight is 435 g/mol. The van der Waals surface area contributed by atoms with Crippen molar-refractivity contribution in [2.45, 2.75) is 6.42 Å². The van der Waals surface area contributed by atoms with Crippen LogP contribution in [0.3, 0.4) is 0 Å². The molecule has 1 aliphatic heterocycles. The first kappa shape index (κ1) is 19.1. The van der Waals surface area contributed by atoms with Gasteiger partial charge in [0.2, 0.25) is 0 Å². The van der Waals surface area contributed by atoms with E-state index in [1.165, 1.54) is 54.2 Å². The molecule has 0 atom stereocenters. The summed E-state index contributed by atoms with van der Waals surface area (Å²) in [5, 5.41) is 10.9. The second kappa shape index (κ2) is 7.60. The first-order valence-electron chi connectivity index (χ1n) is 11.7. The molecule has 0 aliphatic carbocycles. The summed E-state index contributed by atoms with van der Waals surface area (Å²) < 4.78 is 5.78. The van der Waals surface area contributed by atoms with Gasteiger partial charge < -0.3 is 4.74 Å². The minimum absolute atomic E-state index is 0.979. The van der Waals surface area contributed by atoms with E-state index in [9.17, 15) is 0 Å². The zero-order valence-electron chi connectivity index (χ0n) is 18.7. The van der Waals surface area contributed by atoms with Gasteiger partial charge in [-0.1, -0.05) is 109 Å². The van der Waals surface area contributed by atoms with Gasteiger partial charge in [0.05, 0.1) is 0 Å². The van der Waals surface area contributed by atoms with Crippen LogP contribution in [0.25, 0.3) is 43.1 Å². The molecule has 8 rings (SSSR count). The first-order chi connectivity index (χ1) is 16.9. The molecule has 1 aliphatic rings. The fraction of sp³-hybridized carbons (Fsp3) is 0.0303. The van der Waals surface area contributed by atoms with E-state index >= 15 is 0 Å². The number of benzene rings is 7. The molecule has 160 valence electrons. The van der Waals surface area contributed by atoms with E-state index in [1.54, 1.807) is 0 Å². The van der Waals surface area contributed by atoms with Crippen LogP contribution < -0.4 is 4.74 Å². The lowest BCUT2D eigenvalue weighted by atomic mass is 9.90. The Labute approximate surface area is 198 Å². The van der Waals surface area contributed by atoms with Crippen molar-refractivity contribution in [2.75, 3.05) is 0 Å². The monoisotopic (exact) mass is 434 g/mol. The van der Waals surface area contributed by atoms with Crippen LogP contribution in [0.5, 0.6) is 11.5 Å². The van der Waals surface area contributed by atoms with Crippen molar-refractivity contribution in [2.24, 2.45) is 0 Å². The highest BCUT2D eigenvalue weighted by Gasteiger charge is 2.15. The predicted molar refractivity (Wildman–Crippen MR) is 143 cm³/mol. The van der Waals surface area contributed by atoms with Crippen molar-refractivity contribution in [1.29, 1.82) is 0 Å². The Kier molecular flexibility index (Phi) is 4.28. The highest BCUT2D eigenvalue weighted by atomic mass is 16.5. The van der Waals surface area contributed by atoms with Crippen LogP contribution in [0.2, 0.25) is 0 Å². The second-order valence-corrected chi connectivity index (χ2v) is 8.91. The molecule has 7 aromatic rings. The SMILES string of the molecule is c1cc2cccc3c4cccc5cccc(c(c1)c23)c54.c1ccc2c(c1)Cc1ccccc1O2. The minimum atomic E-state index is 0.979. The summed E-state index contributed by atoms with van der Waals surface area (Å²) in [4.78, 5) is 0. The van der Waals surface area contributed by atoms with E-state index in [1.807, 2.05) is 24.3 Å². The Hall–Kier alpha value is -4.36. The molecular weight excluding hydrogens is 412 g/mol. The van der Waals surface area contributed by atoms with E-state index in [0.29, 0.717) is 0 Å². The fourth-order valence-electron chi connectivity index (χ4n) is 5.40. The maximum atomic E-state index is 5.78. The zero-order valence-corrected chi connectivity index (χ0v) is 18.7. The number of rotatable bonds is 0. The van der Waals surface area contributed by atoms with Gasteiger partial charge in [-0.15, -0.1) is 0 Å². The number of fused-ring (bicyclic) bond motifs is 4. The third-order valence-electron chi connectivity index (χ3n) is 6.94. The van der Waals surface area contributed by atoms with E-state index in [2.05, 4.69) is 97.1 Å². The van der Waals surface area contributed by atoms with Gasteiger partial charge in [0, 0.05) is 6.42 Å². The Balaban J connectivity index is 0.000000126. The third kappa shape index (κ3) is 2.94. The molecule has 0 aromatic heterocycles. The first-order valence-corrected chi connectivity index (χ1v) is 11.7. The van der Waals surface area contributed by atoms with Crippen LogP contribution in [0, 0.1) is 0 Å². The molecule has 1 heteroatoms. The van der Waals surface area contributed by atoms with Gasteiger partial charge >= 0.3 is 0 Å². The maximum Gasteiger partial charge on any atom is 0.130 e.